The van der Waals surface area contributed by atoms with Gasteiger partial charge >= 0.3 is 0 Å². The molecule has 0 aliphatic heterocycles. The molecule has 0 spiro atoms. The van der Waals surface area contributed by atoms with Crippen LogP contribution >= 0.6 is 0 Å². The van der Waals surface area contributed by atoms with Gasteiger partial charge in [0.15, 0.2) is 11.5 Å². The topological polar surface area (TPSA) is 76.3 Å². The Morgan fingerprint density at radius 3 is 2.55 bits per heavy atom. The van der Waals surface area contributed by atoms with Gasteiger partial charge in [-0.25, -0.2) is 0 Å². The van der Waals surface area contributed by atoms with Crippen molar-refractivity contribution in [2.45, 2.75) is 6.54 Å². The van der Waals surface area contributed by atoms with Gasteiger partial charge < -0.3 is 15.5 Å². The summed E-state index contributed by atoms with van der Waals surface area (Å²) in [5.41, 5.74) is 2.27. The summed E-state index contributed by atoms with van der Waals surface area (Å²) in [7, 11) is 0. The third-order valence-corrected chi connectivity index (χ3v) is 3.00. The predicted octanol–water partition coefficient (Wildman–Crippen LogP) is 3.31. The molecule has 0 radical (unpaired) electrons. The molecular weight excluding hydrogens is 276 g/mol. The van der Waals surface area contributed by atoms with E-state index in [-0.39, 0.29) is 11.5 Å². The van der Waals surface area contributed by atoms with E-state index in [4.69, 9.17) is 5.26 Å². The van der Waals surface area contributed by atoms with Crippen molar-refractivity contribution in [3.8, 4) is 17.6 Å². The monoisotopic (exact) mass is 292 g/mol. The largest absolute Gasteiger partial charge is 0.504 e. The first-order valence-electron chi connectivity index (χ1n) is 6.77. The maximum Gasteiger partial charge on any atom is 0.157 e. The van der Waals surface area contributed by atoms with Gasteiger partial charge in [0.25, 0.3) is 0 Å². The molecule has 0 aromatic heterocycles. The van der Waals surface area contributed by atoms with Gasteiger partial charge in [-0.05, 0) is 29.3 Å². The highest BCUT2D eigenvalue weighted by molar-refractivity contribution is 5.56. The van der Waals surface area contributed by atoms with E-state index >= 15 is 0 Å². The minimum atomic E-state index is -0.172. The molecule has 0 aliphatic rings. The molecule has 0 aliphatic carbocycles. The van der Waals surface area contributed by atoms with Crippen LogP contribution in [-0.2, 0) is 6.54 Å². The molecule has 0 amide bonds. The van der Waals surface area contributed by atoms with Crippen molar-refractivity contribution < 1.29 is 10.2 Å². The van der Waals surface area contributed by atoms with Crippen molar-refractivity contribution in [3.63, 3.8) is 0 Å². The van der Waals surface area contributed by atoms with E-state index in [0.29, 0.717) is 12.2 Å². The Balaban J connectivity index is 1.98. The zero-order chi connectivity index (χ0) is 15.8. The van der Waals surface area contributed by atoms with Gasteiger partial charge in [0.2, 0.25) is 0 Å². The number of hydrogen-bond acceptors (Lipinski definition) is 4. The van der Waals surface area contributed by atoms with Gasteiger partial charge in [0, 0.05) is 6.54 Å². The van der Waals surface area contributed by atoms with E-state index in [1.807, 2.05) is 30.3 Å². The predicted molar refractivity (Wildman–Crippen MR) is 85.8 cm³/mol. The number of phenols is 2. The average molecular weight is 292 g/mol. The van der Waals surface area contributed by atoms with E-state index in [2.05, 4.69) is 11.4 Å². The molecule has 110 valence electrons. The Bertz CT molecular complexity index is 728. The van der Waals surface area contributed by atoms with Crippen molar-refractivity contribution in [2.24, 2.45) is 0 Å². The van der Waals surface area contributed by atoms with Crippen LogP contribution in [-0.4, -0.2) is 10.2 Å². The second-order valence-electron chi connectivity index (χ2n) is 4.64. The highest BCUT2D eigenvalue weighted by atomic mass is 16.3. The summed E-state index contributed by atoms with van der Waals surface area (Å²) in [6, 6.07) is 16.4. The van der Waals surface area contributed by atoms with Crippen LogP contribution < -0.4 is 5.32 Å². The highest BCUT2D eigenvalue weighted by Crippen LogP contribution is 2.25. The van der Waals surface area contributed by atoms with Crippen LogP contribution in [0.2, 0.25) is 0 Å². The van der Waals surface area contributed by atoms with E-state index in [0.717, 1.165) is 11.1 Å². The summed E-state index contributed by atoms with van der Waals surface area (Å²) in [4.78, 5) is 0. The van der Waals surface area contributed by atoms with Crippen molar-refractivity contribution in [2.75, 3.05) is 0 Å². The average Bonchev–Trinajstić information content (AvgIpc) is 2.55. The molecule has 4 nitrogen and oxygen atoms in total. The van der Waals surface area contributed by atoms with Crippen molar-refractivity contribution in [3.05, 3.63) is 77.5 Å². The summed E-state index contributed by atoms with van der Waals surface area (Å²) in [6.45, 7) is 0.577. The highest BCUT2D eigenvalue weighted by Gasteiger charge is 1.98. The molecule has 2 rings (SSSR count). The molecule has 22 heavy (non-hydrogen) atoms. The van der Waals surface area contributed by atoms with Crippen LogP contribution in [0.3, 0.4) is 0 Å². The molecule has 0 fully saturated rings. The summed E-state index contributed by atoms with van der Waals surface area (Å²) >= 11 is 0. The Hall–Kier alpha value is -3.19. The normalized spacial score (nSPS) is 11.3. The quantitative estimate of drug-likeness (QED) is 0.449. The fourth-order valence-electron chi connectivity index (χ4n) is 1.83. The maximum atomic E-state index is 9.40. The van der Waals surface area contributed by atoms with Crippen molar-refractivity contribution in [1.29, 1.82) is 5.26 Å². The molecule has 2 aromatic carbocycles. The summed E-state index contributed by atoms with van der Waals surface area (Å²) in [5, 5.41) is 30.8. The first-order chi connectivity index (χ1) is 10.7. The van der Waals surface area contributed by atoms with E-state index in [1.54, 1.807) is 24.3 Å². The summed E-state index contributed by atoms with van der Waals surface area (Å²) < 4.78 is 0. The van der Waals surface area contributed by atoms with Gasteiger partial charge in [0.05, 0.1) is 0 Å². The van der Waals surface area contributed by atoms with Gasteiger partial charge in [-0.1, -0.05) is 48.6 Å². The van der Waals surface area contributed by atoms with Crippen molar-refractivity contribution >= 4 is 6.08 Å². The lowest BCUT2D eigenvalue weighted by molar-refractivity contribution is 0.403. The smallest absolute Gasteiger partial charge is 0.157 e. The van der Waals surface area contributed by atoms with Gasteiger partial charge in [0.1, 0.15) is 11.8 Å². The maximum absolute atomic E-state index is 9.40. The molecule has 0 heterocycles. The molecule has 0 bridgehead atoms. The van der Waals surface area contributed by atoms with Crippen LogP contribution in [0, 0.1) is 11.3 Å². The fourth-order valence-corrected chi connectivity index (χ4v) is 1.83. The van der Waals surface area contributed by atoms with Crippen LogP contribution in [0.15, 0.2) is 66.4 Å². The first kappa shape index (κ1) is 15.2. The molecule has 4 heteroatoms. The molecular formula is C18H16N2O2. The Morgan fingerprint density at radius 2 is 1.86 bits per heavy atom. The molecule has 2 aromatic rings. The Labute approximate surface area is 129 Å². The van der Waals surface area contributed by atoms with Gasteiger partial charge in [-0.15, -0.1) is 0 Å². The third-order valence-electron chi connectivity index (χ3n) is 3.00. The number of hydrogen-bond donors (Lipinski definition) is 3. The molecule has 0 atom stereocenters. The second kappa shape index (κ2) is 7.55. The molecule has 0 saturated heterocycles. The molecule has 0 unspecified atom stereocenters. The third kappa shape index (κ3) is 4.43. The van der Waals surface area contributed by atoms with Crippen LogP contribution in [0.25, 0.3) is 6.08 Å². The van der Waals surface area contributed by atoms with Gasteiger partial charge in [-0.3, -0.25) is 0 Å². The number of phenolic OH excluding ortho intramolecular Hbond substituents is 2. The zero-order valence-corrected chi connectivity index (χ0v) is 11.9. The number of nitriles is 1. The fraction of sp³-hybridized carbons (Fsp3) is 0.0556. The summed E-state index contributed by atoms with van der Waals surface area (Å²) in [5.74, 6) is -0.330. The zero-order valence-electron chi connectivity index (χ0n) is 11.9. The van der Waals surface area contributed by atoms with Crippen molar-refractivity contribution in [1.82, 2.24) is 5.32 Å². The Morgan fingerprint density at radius 1 is 1.09 bits per heavy atom. The number of allylic oxidation sites excluding steroid dienone is 3. The van der Waals surface area contributed by atoms with E-state index in [1.165, 1.54) is 12.1 Å². The lowest BCUT2D eigenvalue weighted by atomic mass is 10.2. The minimum Gasteiger partial charge on any atom is -0.504 e. The lowest BCUT2D eigenvalue weighted by Gasteiger charge is -2.03. The SMILES string of the molecule is N#C/C(=C\C=Cc1ccc(O)c(O)c1)NCc1ccccc1. The van der Waals surface area contributed by atoms with Crippen LogP contribution in [0.5, 0.6) is 11.5 Å². The number of aromatic hydroxyl groups is 2. The van der Waals surface area contributed by atoms with Crippen LogP contribution in [0.4, 0.5) is 0 Å². The lowest BCUT2D eigenvalue weighted by Crippen LogP contribution is -2.11. The molecule has 3 N–H and O–H groups in total. The number of nitrogens with one attached hydrogen (secondary N) is 1. The number of nitrogens with zero attached hydrogens (tertiary/aromatic N) is 1. The van der Waals surface area contributed by atoms with Gasteiger partial charge in [-0.2, -0.15) is 5.26 Å². The van der Waals surface area contributed by atoms with E-state index in [9.17, 15) is 10.2 Å². The van der Waals surface area contributed by atoms with Crippen LogP contribution in [0.1, 0.15) is 11.1 Å². The number of rotatable bonds is 5. The minimum absolute atomic E-state index is 0.157. The summed E-state index contributed by atoms with van der Waals surface area (Å²) in [6.07, 6.45) is 5.11. The molecule has 0 saturated carbocycles. The second-order valence-corrected chi connectivity index (χ2v) is 4.64. The van der Waals surface area contributed by atoms with E-state index < -0.39 is 0 Å². The number of benzene rings is 2. The Kier molecular flexibility index (Phi) is 5.22. The standard InChI is InChI=1S/C18H16N2O2/c19-12-16(20-13-15-5-2-1-3-6-15)8-4-7-14-9-10-17(21)18(22)11-14/h1-11,20-22H,13H2/b7-4?,16-8+. The first-order valence-corrected chi connectivity index (χ1v) is 6.77.